The van der Waals surface area contributed by atoms with E-state index < -0.39 is 10.0 Å². The van der Waals surface area contributed by atoms with Gasteiger partial charge in [0.25, 0.3) is 10.0 Å². The topological polar surface area (TPSA) is 54.5 Å². The van der Waals surface area contributed by atoms with Crippen molar-refractivity contribution in [3.8, 4) is 0 Å². The summed E-state index contributed by atoms with van der Waals surface area (Å²) in [7, 11) is -3.47. The summed E-state index contributed by atoms with van der Waals surface area (Å²) in [5.41, 5.74) is 0. The molecule has 1 aromatic heterocycles. The normalized spacial score (nSPS) is 18.9. The molecule has 1 aromatic rings. The zero-order chi connectivity index (χ0) is 11.8. The SMILES string of the molecule is O=C1CCCN(S(=O)(=O)c2cc(Br)cs2)C1. The fraction of sp³-hybridized carbons (Fsp3) is 0.444. The van der Waals surface area contributed by atoms with Crippen LogP contribution in [0.5, 0.6) is 0 Å². The predicted octanol–water partition coefficient (Wildman–Crippen LogP) is 1.86. The molecule has 0 radical (unpaired) electrons. The van der Waals surface area contributed by atoms with E-state index in [0.717, 1.165) is 15.8 Å². The van der Waals surface area contributed by atoms with E-state index in [1.54, 1.807) is 11.4 Å². The average Bonchev–Trinajstić information content (AvgIpc) is 2.65. The maximum absolute atomic E-state index is 12.1. The van der Waals surface area contributed by atoms with E-state index in [1.807, 2.05) is 0 Å². The average molecular weight is 324 g/mol. The van der Waals surface area contributed by atoms with Gasteiger partial charge in [-0.25, -0.2) is 8.42 Å². The maximum atomic E-state index is 12.1. The summed E-state index contributed by atoms with van der Waals surface area (Å²) in [6.07, 6.45) is 1.10. The molecule has 0 N–H and O–H groups in total. The second-order valence-corrected chi connectivity index (χ2v) is 7.56. The highest BCUT2D eigenvalue weighted by molar-refractivity contribution is 9.10. The zero-order valence-corrected chi connectivity index (χ0v) is 11.6. The number of carbonyl (C=O) groups is 1. The number of piperidine rings is 1. The van der Waals surface area contributed by atoms with Crippen molar-refractivity contribution >= 4 is 43.1 Å². The molecule has 2 rings (SSSR count). The second-order valence-electron chi connectivity index (χ2n) is 3.56. The van der Waals surface area contributed by atoms with Gasteiger partial charge in [-0.3, -0.25) is 4.79 Å². The molecule has 0 aromatic carbocycles. The molecule has 0 saturated carbocycles. The molecule has 1 fully saturated rings. The van der Waals surface area contributed by atoms with Crippen molar-refractivity contribution < 1.29 is 13.2 Å². The third-order valence-corrected chi connectivity index (χ3v) is 6.37. The van der Waals surface area contributed by atoms with Crippen molar-refractivity contribution in [2.24, 2.45) is 0 Å². The second kappa shape index (κ2) is 4.56. The van der Waals surface area contributed by atoms with E-state index in [2.05, 4.69) is 15.9 Å². The van der Waals surface area contributed by atoms with Crippen LogP contribution in [0.25, 0.3) is 0 Å². The highest BCUT2D eigenvalue weighted by Gasteiger charge is 2.30. The van der Waals surface area contributed by atoms with E-state index in [-0.39, 0.29) is 16.5 Å². The number of thiophene rings is 1. The highest BCUT2D eigenvalue weighted by Crippen LogP contribution is 2.27. The van der Waals surface area contributed by atoms with E-state index in [0.29, 0.717) is 19.4 Å². The van der Waals surface area contributed by atoms with Gasteiger partial charge in [0.15, 0.2) is 0 Å². The lowest BCUT2D eigenvalue weighted by molar-refractivity contribution is -0.120. The van der Waals surface area contributed by atoms with Crippen molar-refractivity contribution in [3.05, 3.63) is 15.9 Å². The van der Waals surface area contributed by atoms with Gasteiger partial charge in [0.05, 0.1) is 6.54 Å². The molecule has 0 amide bonds. The molecule has 16 heavy (non-hydrogen) atoms. The molecule has 0 atom stereocenters. The smallest absolute Gasteiger partial charge is 0.252 e. The van der Waals surface area contributed by atoms with Crippen LogP contribution < -0.4 is 0 Å². The lowest BCUT2D eigenvalue weighted by Gasteiger charge is -2.24. The van der Waals surface area contributed by atoms with Gasteiger partial charge >= 0.3 is 0 Å². The molecule has 1 saturated heterocycles. The van der Waals surface area contributed by atoms with Crippen molar-refractivity contribution in [1.29, 1.82) is 0 Å². The minimum atomic E-state index is -3.47. The number of sulfonamides is 1. The first-order valence-electron chi connectivity index (χ1n) is 4.76. The quantitative estimate of drug-likeness (QED) is 0.834. The van der Waals surface area contributed by atoms with E-state index >= 15 is 0 Å². The molecule has 1 aliphatic rings. The molecule has 0 aliphatic carbocycles. The Bertz CT molecular complexity index is 509. The summed E-state index contributed by atoms with van der Waals surface area (Å²) < 4.78 is 26.5. The van der Waals surface area contributed by atoms with Crippen LogP contribution in [0.4, 0.5) is 0 Å². The number of Topliss-reactive ketones (excluding diaryl/α,β-unsaturated/α-hetero) is 1. The van der Waals surface area contributed by atoms with E-state index in [9.17, 15) is 13.2 Å². The minimum absolute atomic E-state index is 0.00885. The molecular formula is C9H10BrNO3S2. The Hall–Kier alpha value is -0.240. The van der Waals surface area contributed by atoms with Crippen LogP contribution in [0.3, 0.4) is 0 Å². The Morgan fingerprint density at radius 1 is 1.44 bits per heavy atom. The number of nitrogens with zero attached hydrogens (tertiary/aromatic N) is 1. The van der Waals surface area contributed by atoms with Crippen LogP contribution in [0.1, 0.15) is 12.8 Å². The molecule has 1 aliphatic heterocycles. The standard InChI is InChI=1S/C9H10BrNO3S2/c10-7-4-9(15-6-7)16(13,14)11-3-1-2-8(12)5-11/h4,6H,1-3,5H2. The predicted molar refractivity (Wildman–Crippen MR) is 65.0 cm³/mol. The number of ketones is 1. The summed E-state index contributed by atoms with van der Waals surface area (Å²) >= 11 is 4.38. The number of halogens is 1. The van der Waals surface area contributed by atoms with Crippen LogP contribution in [0.2, 0.25) is 0 Å². The first-order chi connectivity index (χ1) is 7.50. The van der Waals surface area contributed by atoms with Crippen molar-refractivity contribution in [1.82, 2.24) is 4.31 Å². The maximum Gasteiger partial charge on any atom is 0.252 e. The third-order valence-electron chi connectivity index (χ3n) is 2.35. The zero-order valence-electron chi connectivity index (χ0n) is 8.35. The van der Waals surface area contributed by atoms with Crippen LogP contribution >= 0.6 is 27.3 Å². The van der Waals surface area contributed by atoms with Crippen molar-refractivity contribution in [2.45, 2.75) is 17.1 Å². The lowest BCUT2D eigenvalue weighted by atomic mass is 10.1. The molecule has 0 unspecified atom stereocenters. The number of rotatable bonds is 2. The van der Waals surface area contributed by atoms with Gasteiger partial charge in [-0.2, -0.15) is 4.31 Å². The Morgan fingerprint density at radius 3 is 2.75 bits per heavy atom. The molecule has 88 valence electrons. The molecule has 7 heteroatoms. The Kier molecular flexibility index (Phi) is 3.48. The molecule has 0 bridgehead atoms. The Labute approximate surface area is 106 Å². The van der Waals surface area contributed by atoms with Gasteiger partial charge in [0, 0.05) is 22.8 Å². The van der Waals surface area contributed by atoms with E-state index in [1.165, 1.54) is 4.31 Å². The van der Waals surface area contributed by atoms with Gasteiger partial charge in [-0.05, 0) is 28.4 Å². The van der Waals surface area contributed by atoms with Gasteiger partial charge in [0.2, 0.25) is 0 Å². The Morgan fingerprint density at radius 2 is 2.19 bits per heavy atom. The van der Waals surface area contributed by atoms with Crippen LogP contribution in [0.15, 0.2) is 20.1 Å². The van der Waals surface area contributed by atoms with Crippen LogP contribution in [0, 0.1) is 0 Å². The largest absolute Gasteiger partial charge is 0.298 e. The lowest BCUT2D eigenvalue weighted by Crippen LogP contribution is -2.39. The Balaban J connectivity index is 2.28. The number of hydrogen-bond acceptors (Lipinski definition) is 4. The first kappa shape index (κ1) is 12.2. The number of carbonyl (C=O) groups excluding carboxylic acids is 1. The molecule has 0 spiro atoms. The van der Waals surface area contributed by atoms with Gasteiger partial charge < -0.3 is 0 Å². The summed E-state index contributed by atoms with van der Waals surface area (Å²) in [5, 5.41) is 1.72. The minimum Gasteiger partial charge on any atom is -0.298 e. The van der Waals surface area contributed by atoms with Crippen LogP contribution in [-0.2, 0) is 14.8 Å². The van der Waals surface area contributed by atoms with Gasteiger partial charge in [0.1, 0.15) is 9.99 Å². The summed E-state index contributed by atoms with van der Waals surface area (Å²) in [4.78, 5) is 11.2. The fourth-order valence-corrected chi connectivity index (χ4v) is 5.03. The van der Waals surface area contributed by atoms with Gasteiger partial charge in [-0.1, -0.05) is 0 Å². The van der Waals surface area contributed by atoms with Crippen LogP contribution in [-0.4, -0.2) is 31.6 Å². The van der Waals surface area contributed by atoms with E-state index in [4.69, 9.17) is 0 Å². The first-order valence-corrected chi connectivity index (χ1v) is 7.87. The third kappa shape index (κ3) is 2.37. The summed E-state index contributed by atoms with van der Waals surface area (Å²) in [6, 6.07) is 1.57. The summed E-state index contributed by atoms with van der Waals surface area (Å²) in [5.74, 6) is -0.00885. The van der Waals surface area contributed by atoms with Gasteiger partial charge in [-0.15, -0.1) is 11.3 Å². The monoisotopic (exact) mass is 323 g/mol. The summed E-state index contributed by atoms with van der Waals surface area (Å²) in [6.45, 7) is 0.446. The van der Waals surface area contributed by atoms with Crippen molar-refractivity contribution in [3.63, 3.8) is 0 Å². The fourth-order valence-electron chi connectivity index (χ4n) is 1.57. The molecular weight excluding hydrogens is 314 g/mol. The highest BCUT2D eigenvalue weighted by atomic mass is 79.9. The number of hydrogen-bond donors (Lipinski definition) is 0. The van der Waals surface area contributed by atoms with Crippen molar-refractivity contribution in [2.75, 3.05) is 13.1 Å². The molecule has 4 nitrogen and oxygen atoms in total. The molecule has 2 heterocycles.